The first kappa shape index (κ1) is 15.5. The molecule has 2 atom stereocenters. The van der Waals surface area contributed by atoms with Gasteiger partial charge in [-0.05, 0) is 11.5 Å². The van der Waals surface area contributed by atoms with E-state index < -0.39 is 0 Å². The Morgan fingerprint density at radius 1 is 1.24 bits per heavy atom. The molecule has 5 nitrogen and oxygen atoms in total. The highest BCUT2D eigenvalue weighted by Gasteiger charge is 2.37. The molecule has 1 saturated heterocycles. The maximum Gasteiger partial charge on any atom is 0.310 e. The molecular formula is C16H21NO4. The fourth-order valence-electron chi connectivity index (χ4n) is 2.55. The van der Waals surface area contributed by atoms with Crippen molar-refractivity contribution in [3.05, 3.63) is 35.9 Å². The Morgan fingerprint density at radius 2 is 1.95 bits per heavy atom. The van der Waals surface area contributed by atoms with E-state index in [2.05, 4.69) is 0 Å². The number of hydrogen-bond donors (Lipinski definition) is 0. The predicted molar refractivity (Wildman–Crippen MR) is 77.3 cm³/mol. The van der Waals surface area contributed by atoms with E-state index in [1.807, 2.05) is 37.3 Å². The number of likely N-dealkylation sites (tertiary alicyclic amines) is 1. The van der Waals surface area contributed by atoms with Crippen LogP contribution >= 0.6 is 0 Å². The van der Waals surface area contributed by atoms with Crippen molar-refractivity contribution in [2.45, 2.75) is 13.5 Å². The van der Waals surface area contributed by atoms with Gasteiger partial charge in [0.05, 0.1) is 19.6 Å². The Balaban J connectivity index is 1.78. The van der Waals surface area contributed by atoms with E-state index in [4.69, 9.17) is 9.47 Å². The van der Waals surface area contributed by atoms with Crippen LogP contribution in [-0.2, 0) is 25.7 Å². The number of ether oxygens (including phenoxy) is 2. The van der Waals surface area contributed by atoms with Gasteiger partial charge in [-0.3, -0.25) is 9.59 Å². The minimum absolute atomic E-state index is 0.0372. The molecular weight excluding hydrogens is 270 g/mol. The molecule has 1 fully saturated rings. The zero-order valence-corrected chi connectivity index (χ0v) is 12.5. The summed E-state index contributed by atoms with van der Waals surface area (Å²) in [5.74, 6) is -0.434. The molecule has 114 valence electrons. The molecule has 1 aliphatic heterocycles. The Bertz CT molecular complexity index is 488. The molecule has 2 unspecified atom stereocenters. The van der Waals surface area contributed by atoms with Crippen LogP contribution < -0.4 is 0 Å². The van der Waals surface area contributed by atoms with Crippen molar-refractivity contribution in [1.29, 1.82) is 0 Å². The average Bonchev–Trinajstić information content (AvgIpc) is 2.89. The molecule has 0 aromatic heterocycles. The monoisotopic (exact) mass is 291 g/mol. The first-order valence-corrected chi connectivity index (χ1v) is 7.09. The van der Waals surface area contributed by atoms with Gasteiger partial charge in [-0.2, -0.15) is 0 Å². The third-order valence-electron chi connectivity index (χ3n) is 3.81. The van der Waals surface area contributed by atoms with Crippen molar-refractivity contribution in [3.63, 3.8) is 0 Å². The Hall–Kier alpha value is -1.88. The van der Waals surface area contributed by atoms with E-state index in [1.54, 1.807) is 4.90 Å². The third-order valence-corrected chi connectivity index (χ3v) is 3.81. The molecule has 5 heteroatoms. The molecule has 0 N–H and O–H groups in total. The minimum Gasteiger partial charge on any atom is -0.469 e. The van der Waals surface area contributed by atoms with Crippen LogP contribution in [-0.4, -0.2) is 43.6 Å². The highest BCUT2D eigenvalue weighted by Crippen LogP contribution is 2.24. The summed E-state index contributed by atoms with van der Waals surface area (Å²) in [5.41, 5.74) is 1.03. The fourth-order valence-corrected chi connectivity index (χ4v) is 2.55. The number of esters is 1. The molecule has 1 aromatic carbocycles. The molecule has 1 amide bonds. The lowest BCUT2D eigenvalue weighted by atomic mass is 9.99. The molecule has 1 heterocycles. The lowest BCUT2D eigenvalue weighted by molar-refractivity contribution is -0.146. The van der Waals surface area contributed by atoms with Crippen molar-refractivity contribution in [2.24, 2.45) is 11.8 Å². The normalized spacial score (nSPS) is 21.3. The summed E-state index contributed by atoms with van der Waals surface area (Å²) in [4.78, 5) is 25.4. The number of rotatable bonds is 5. The predicted octanol–water partition coefficient (Wildman–Crippen LogP) is 1.47. The van der Waals surface area contributed by atoms with Gasteiger partial charge in [0.2, 0.25) is 5.91 Å². The van der Waals surface area contributed by atoms with Gasteiger partial charge in [-0.15, -0.1) is 0 Å². The van der Waals surface area contributed by atoms with Crippen molar-refractivity contribution in [3.8, 4) is 0 Å². The van der Waals surface area contributed by atoms with Crippen LogP contribution in [0.2, 0.25) is 0 Å². The van der Waals surface area contributed by atoms with Gasteiger partial charge >= 0.3 is 5.97 Å². The second-order valence-electron chi connectivity index (χ2n) is 5.38. The maximum atomic E-state index is 12.1. The molecule has 0 bridgehead atoms. The second-order valence-corrected chi connectivity index (χ2v) is 5.38. The second kappa shape index (κ2) is 7.22. The number of hydrogen-bond acceptors (Lipinski definition) is 4. The van der Waals surface area contributed by atoms with Crippen LogP contribution in [0, 0.1) is 11.8 Å². The van der Waals surface area contributed by atoms with Gasteiger partial charge in [-0.1, -0.05) is 37.3 Å². The largest absolute Gasteiger partial charge is 0.469 e. The SMILES string of the molecule is COC(=O)C1CN(C(=O)COCc2ccccc2)CC1C. The lowest BCUT2D eigenvalue weighted by Crippen LogP contribution is -2.33. The standard InChI is InChI=1S/C16H21NO4/c1-12-8-17(9-14(12)16(19)20-2)15(18)11-21-10-13-6-4-3-5-7-13/h3-7,12,14H,8-11H2,1-2H3. The number of benzene rings is 1. The highest BCUT2D eigenvalue weighted by atomic mass is 16.5. The quantitative estimate of drug-likeness (QED) is 0.771. The van der Waals surface area contributed by atoms with Gasteiger partial charge < -0.3 is 14.4 Å². The van der Waals surface area contributed by atoms with E-state index in [1.165, 1.54) is 7.11 Å². The summed E-state index contributed by atoms with van der Waals surface area (Å²) in [6, 6.07) is 9.71. The first-order valence-electron chi connectivity index (χ1n) is 7.09. The molecule has 0 aliphatic carbocycles. The fraction of sp³-hybridized carbons (Fsp3) is 0.500. The average molecular weight is 291 g/mol. The molecule has 1 aliphatic rings. The van der Waals surface area contributed by atoms with Crippen LogP contribution in [0.4, 0.5) is 0 Å². The summed E-state index contributed by atoms with van der Waals surface area (Å²) in [5, 5.41) is 0. The van der Waals surface area contributed by atoms with E-state index >= 15 is 0 Å². The topological polar surface area (TPSA) is 55.8 Å². The number of amides is 1. The summed E-state index contributed by atoms with van der Waals surface area (Å²) < 4.78 is 10.2. The highest BCUT2D eigenvalue weighted by molar-refractivity contribution is 5.80. The molecule has 1 aromatic rings. The van der Waals surface area contributed by atoms with Crippen molar-refractivity contribution in [2.75, 3.05) is 26.8 Å². The van der Waals surface area contributed by atoms with Gasteiger partial charge in [0.15, 0.2) is 0 Å². The summed E-state index contributed by atoms with van der Waals surface area (Å²) in [6.45, 7) is 3.40. The summed E-state index contributed by atoms with van der Waals surface area (Å²) >= 11 is 0. The van der Waals surface area contributed by atoms with E-state index in [-0.39, 0.29) is 30.3 Å². The van der Waals surface area contributed by atoms with E-state index in [0.29, 0.717) is 19.7 Å². The zero-order chi connectivity index (χ0) is 15.2. The molecule has 21 heavy (non-hydrogen) atoms. The van der Waals surface area contributed by atoms with Crippen LogP contribution in [0.15, 0.2) is 30.3 Å². The van der Waals surface area contributed by atoms with Gasteiger partial charge in [0, 0.05) is 13.1 Å². The van der Waals surface area contributed by atoms with Crippen molar-refractivity contribution in [1.82, 2.24) is 4.90 Å². The number of carbonyl (C=O) groups excluding carboxylic acids is 2. The maximum absolute atomic E-state index is 12.1. The van der Waals surface area contributed by atoms with Crippen molar-refractivity contribution >= 4 is 11.9 Å². The Morgan fingerprint density at radius 3 is 2.62 bits per heavy atom. The van der Waals surface area contributed by atoms with Crippen LogP contribution in [0.3, 0.4) is 0 Å². The van der Waals surface area contributed by atoms with Crippen molar-refractivity contribution < 1.29 is 19.1 Å². The third kappa shape index (κ3) is 4.04. The Labute approximate surface area is 124 Å². The number of nitrogens with zero attached hydrogens (tertiary/aromatic N) is 1. The smallest absolute Gasteiger partial charge is 0.310 e. The first-order chi connectivity index (χ1) is 10.1. The van der Waals surface area contributed by atoms with Crippen LogP contribution in [0.25, 0.3) is 0 Å². The van der Waals surface area contributed by atoms with Gasteiger partial charge in [0.25, 0.3) is 0 Å². The number of methoxy groups -OCH3 is 1. The van der Waals surface area contributed by atoms with Crippen LogP contribution in [0.5, 0.6) is 0 Å². The van der Waals surface area contributed by atoms with E-state index in [0.717, 1.165) is 5.56 Å². The van der Waals surface area contributed by atoms with Gasteiger partial charge in [0.1, 0.15) is 6.61 Å². The minimum atomic E-state index is -0.247. The van der Waals surface area contributed by atoms with Gasteiger partial charge in [-0.25, -0.2) is 0 Å². The molecule has 0 radical (unpaired) electrons. The summed E-state index contributed by atoms with van der Waals surface area (Å²) in [6.07, 6.45) is 0. The summed E-state index contributed by atoms with van der Waals surface area (Å²) in [7, 11) is 1.38. The number of carbonyl (C=O) groups is 2. The Kier molecular flexibility index (Phi) is 5.33. The van der Waals surface area contributed by atoms with Crippen LogP contribution in [0.1, 0.15) is 12.5 Å². The molecule has 2 rings (SSSR count). The molecule has 0 spiro atoms. The van der Waals surface area contributed by atoms with E-state index in [9.17, 15) is 9.59 Å². The zero-order valence-electron chi connectivity index (χ0n) is 12.5. The lowest BCUT2D eigenvalue weighted by Gasteiger charge is -2.16. The molecule has 0 saturated carbocycles.